The van der Waals surface area contributed by atoms with Gasteiger partial charge in [-0.25, -0.2) is 4.98 Å². The molecule has 30 heavy (non-hydrogen) atoms. The van der Waals surface area contributed by atoms with Gasteiger partial charge in [0.1, 0.15) is 11.9 Å². The maximum atomic E-state index is 12.7. The molecule has 1 atom stereocenters. The minimum atomic E-state index is -0.414. The van der Waals surface area contributed by atoms with E-state index in [0.29, 0.717) is 9.21 Å². The first-order chi connectivity index (χ1) is 14.5. The van der Waals surface area contributed by atoms with Gasteiger partial charge in [-0.1, -0.05) is 54.1 Å². The number of thiophene rings is 1. The number of imidazole rings is 1. The van der Waals surface area contributed by atoms with Gasteiger partial charge in [-0.2, -0.15) is 0 Å². The fourth-order valence-electron chi connectivity index (χ4n) is 3.41. The lowest BCUT2D eigenvalue weighted by Gasteiger charge is -2.19. The summed E-state index contributed by atoms with van der Waals surface area (Å²) in [5.74, 6) is 0.458. The molecule has 0 bridgehead atoms. The lowest BCUT2D eigenvalue weighted by atomic mass is 10.1. The Morgan fingerprint density at radius 1 is 1.03 bits per heavy atom. The Morgan fingerprint density at radius 2 is 1.77 bits per heavy atom. The van der Waals surface area contributed by atoms with Crippen LogP contribution in [0.2, 0.25) is 4.34 Å². The molecule has 0 aliphatic rings. The van der Waals surface area contributed by atoms with Crippen molar-refractivity contribution in [1.82, 2.24) is 14.9 Å². The van der Waals surface area contributed by atoms with Gasteiger partial charge in [0.25, 0.3) is 0 Å². The smallest absolute Gasteiger partial charge is 0.221 e. The summed E-state index contributed by atoms with van der Waals surface area (Å²) < 4.78 is 2.56. The van der Waals surface area contributed by atoms with Crippen LogP contribution in [-0.2, 0) is 11.8 Å². The van der Waals surface area contributed by atoms with Crippen LogP contribution in [0.3, 0.4) is 0 Å². The van der Waals surface area contributed by atoms with E-state index in [4.69, 9.17) is 16.6 Å². The number of aromatic nitrogens is 2. The number of carbonyl (C=O) groups is 2. The fourth-order valence-corrected chi connectivity index (χ4v) is 4.42. The van der Waals surface area contributed by atoms with E-state index in [9.17, 15) is 9.59 Å². The van der Waals surface area contributed by atoms with Crippen LogP contribution in [0.25, 0.3) is 11.0 Å². The summed E-state index contributed by atoms with van der Waals surface area (Å²) in [6.45, 7) is 0. The number of Topliss-reactive ketones (excluding diaryl/α,β-unsaturated/α-hetero) is 1. The Kier molecular flexibility index (Phi) is 5.97. The van der Waals surface area contributed by atoms with Gasteiger partial charge in [0.15, 0.2) is 5.78 Å². The van der Waals surface area contributed by atoms with Gasteiger partial charge >= 0.3 is 0 Å². The van der Waals surface area contributed by atoms with Crippen molar-refractivity contribution < 1.29 is 9.59 Å². The number of para-hydroxylation sites is 2. The van der Waals surface area contributed by atoms with Gasteiger partial charge in [-0.05, 0) is 29.8 Å². The topological polar surface area (TPSA) is 64.0 Å². The number of hydrogen-bond acceptors (Lipinski definition) is 4. The van der Waals surface area contributed by atoms with Crippen LogP contribution >= 0.6 is 22.9 Å². The Labute approximate surface area is 183 Å². The standard InChI is InChI=1S/C23H20ClN3O2S/c1-27-17-10-6-5-9-16(17)25-23(27)22(15-7-3-2-4-8-15)26-21(29)14-11-18(28)19-12-13-20(24)30-19/h2-10,12-13,22H,11,14H2,1H3,(H,26,29). The van der Waals surface area contributed by atoms with E-state index in [1.807, 2.05) is 66.2 Å². The van der Waals surface area contributed by atoms with Gasteiger partial charge < -0.3 is 9.88 Å². The van der Waals surface area contributed by atoms with E-state index >= 15 is 0 Å². The molecule has 2 heterocycles. The van der Waals surface area contributed by atoms with E-state index in [0.717, 1.165) is 22.4 Å². The van der Waals surface area contributed by atoms with E-state index in [2.05, 4.69) is 5.32 Å². The number of carbonyl (C=O) groups excluding carboxylic acids is 2. The molecule has 5 nitrogen and oxygen atoms in total. The first-order valence-electron chi connectivity index (χ1n) is 9.57. The van der Waals surface area contributed by atoms with E-state index < -0.39 is 6.04 Å². The minimum absolute atomic E-state index is 0.0824. The van der Waals surface area contributed by atoms with Crippen molar-refractivity contribution in [3.8, 4) is 0 Å². The van der Waals surface area contributed by atoms with Gasteiger partial charge in [-0.15, -0.1) is 11.3 Å². The maximum absolute atomic E-state index is 12.7. The molecule has 1 N–H and O–H groups in total. The second-order valence-electron chi connectivity index (χ2n) is 6.96. The Balaban J connectivity index is 1.55. The van der Waals surface area contributed by atoms with Crippen molar-refractivity contribution in [2.75, 3.05) is 0 Å². The summed E-state index contributed by atoms with van der Waals surface area (Å²) in [6.07, 6.45) is 0.231. The molecule has 4 rings (SSSR count). The van der Waals surface area contributed by atoms with E-state index in [1.165, 1.54) is 11.3 Å². The van der Waals surface area contributed by atoms with Crippen LogP contribution in [0, 0.1) is 0 Å². The number of nitrogens with one attached hydrogen (secondary N) is 1. The van der Waals surface area contributed by atoms with Crippen LogP contribution in [0.1, 0.15) is 39.9 Å². The molecule has 2 aromatic carbocycles. The molecule has 0 aliphatic heterocycles. The number of hydrogen-bond donors (Lipinski definition) is 1. The highest BCUT2D eigenvalue weighted by Gasteiger charge is 2.23. The van der Waals surface area contributed by atoms with Crippen molar-refractivity contribution in [1.29, 1.82) is 0 Å². The number of aryl methyl sites for hydroxylation is 1. The first-order valence-corrected chi connectivity index (χ1v) is 10.8. The summed E-state index contributed by atoms with van der Waals surface area (Å²) in [4.78, 5) is 30.4. The van der Waals surface area contributed by atoms with Gasteiger partial charge in [0.2, 0.25) is 5.91 Å². The molecule has 1 amide bonds. The first kappa shape index (κ1) is 20.3. The van der Waals surface area contributed by atoms with E-state index in [-0.39, 0.29) is 24.5 Å². The molecular weight excluding hydrogens is 418 g/mol. The molecule has 0 spiro atoms. The van der Waals surface area contributed by atoms with Gasteiger partial charge in [-0.3, -0.25) is 9.59 Å². The minimum Gasteiger partial charge on any atom is -0.342 e. The molecule has 152 valence electrons. The third-order valence-corrected chi connectivity index (χ3v) is 6.22. The van der Waals surface area contributed by atoms with Crippen molar-refractivity contribution in [2.24, 2.45) is 7.05 Å². The van der Waals surface area contributed by atoms with Crippen LogP contribution < -0.4 is 5.32 Å². The summed E-state index contributed by atoms with van der Waals surface area (Å²) in [5, 5.41) is 3.07. The molecule has 2 aromatic heterocycles. The summed E-state index contributed by atoms with van der Waals surface area (Å²) in [6, 6.07) is 20.5. The normalized spacial score (nSPS) is 12.1. The molecule has 0 saturated carbocycles. The van der Waals surface area contributed by atoms with Crippen LogP contribution in [0.15, 0.2) is 66.7 Å². The molecular formula is C23H20ClN3O2S. The largest absolute Gasteiger partial charge is 0.342 e. The van der Waals surface area contributed by atoms with E-state index in [1.54, 1.807) is 12.1 Å². The highest BCUT2D eigenvalue weighted by molar-refractivity contribution is 7.18. The molecule has 0 saturated heterocycles. The fraction of sp³-hybridized carbons (Fsp3) is 0.174. The second kappa shape index (κ2) is 8.81. The quantitative estimate of drug-likeness (QED) is 0.406. The lowest BCUT2D eigenvalue weighted by Crippen LogP contribution is -2.31. The Bertz CT molecular complexity index is 1200. The second-order valence-corrected chi connectivity index (χ2v) is 8.67. The number of nitrogens with zero attached hydrogens (tertiary/aromatic N) is 2. The molecule has 0 aliphatic carbocycles. The number of benzene rings is 2. The monoisotopic (exact) mass is 437 g/mol. The zero-order valence-electron chi connectivity index (χ0n) is 16.3. The average Bonchev–Trinajstić information content (AvgIpc) is 3.34. The molecule has 0 radical (unpaired) electrons. The van der Waals surface area contributed by atoms with Crippen molar-refractivity contribution in [3.05, 3.63) is 87.3 Å². The summed E-state index contributed by atoms with van der Waals surface area (Å²) >= 11 is 7.13. The van der Waals surface area contributed by atoms with Gasteiger partial charge in [0.05, 0.1) is 20.2 Å². The zero-order chi connectivity index (χ0) is 21.1. The van der Waals surface area contributed by atoms with Crippen molar-refractivity contribution >= 4 is 45.7 Å². The Morgan fingerprint density at radius 3 is 2.47 bits per heavy atom. The predicted molar refractivity (Wildman–Crippen MR) is 120 cm³/mol. The number of ketones is 1. The Hall–Kier alpha value is -2.96. The third kappa shape index (κ3) is 4.30. The molecule has 0 fully saturated rings. The highest BCUT2D eigenvalue weighted by Crippen LogP contribution is 2.26. The van der Waals surface area contributed by atoms with Crippen LogP contribution in [-0.4, -0.2) is 21.2 Å². The molecule has 7 heteroatoms. The zero-order valence-corrected chi connectivity index (χ0v) is 17.9. The van der Waals surface area contributed by atoms with Gasteiger partial charge in [0, 0.05) is 19.9 Å². The van der Waals surface area contributed by atoms with Crippen molar-refractivity contribution in [3.63, 3.8) is 0 Å². The number of halogens is 1. The highest BCUT2D eigenvalue weighted by atomic mass is 35.5. The maximum Gasteiger partial charge on any atom is 0.221 e. The number of amides is 1. The summed E-state index contributed by atoms with van der Waals surface area (Å²) in [7, 11) is 1.94. The predicted octanol–water partition coefficient (Wildman–Crippen LogP) is 5.16. The lowest BCUT2D eigenvalue weighted by molar-refractivity contribution is -0.121. The number of fused-ring (bicyclic) bond motifs is 1. The SMILES string of the molecule is Cn1c(C(NC(=O)CCC(=O)c2ccc(Cl)s2)c2ccccc2)nc2ccccc21. The summed E-state index contributed by atoms with van der Waals surface area (Å²) in [5.41, 5.74) is 2.79. The van der Waals surface area contributed by atoms with Crippen LogP contribution in [0.5, 0.6) is 0 Å². The molecule has 1 unspecified atom stereocenters. The third-order valence-electron chi connectivity index (χ3n) is 4.95. The number of rotatable bonds is 7. The van der Waals surface area contributed by atoms with Crippen molar-refractivity contribution in [2.45, 2.75) is 18.9 Å². The van der Waals surface area contributed by atoms with Crippen LogP contribution in [0.4, 0.5) is 0 Å². The molecule has 4 aromatic rings. The average molecular weight is 438 g/mol.